The number of benzene rings is 2. The number of para-hydroxylation sites is 1. The van der Waals surface area contributed by atoms with Crippen LogP contribution in [-0.4, -0.2) is 32.7 Å². The zero-order valence-electron chi connectivity index (χ0n) is 17.2. The van der Waals surface area contributed by atoms with Crippen molar-refractivity contribution in [2.75, 3.05) is 17.2 Å². The summed E-state index contributed by atoms with van der Waals surface area (Å²) in [6, 6.07) is 13.2. The number of hydrogen-bond donors (Lipinski definition) is 0. The van der Waals surface area contributed by atoms with Gasteiger partial charge in [-0.05, 0) is 37.6 Å². The van der Waals surface area contributed by atoms with Gasteiger partial charge in [-0.25, -0.2) is 14.4 Å². The first kappa shape index (κ1) is 21.5. The van der Waals surface area contributed by atoms with Gasteiger partial charge in [-0.3, -0.25) is 9.69 Å². The van der Waals surface area contributed by atoms with Crippen LogP contribution in [-0.2, 0) is 11.3 Å². The zero-order valence-corrected chi connectivity index (χ0v) is 18.8. The van der Waals surface area contributed by atoms with E-state index in [4.69, 9.17) is 0 Å². The van der Waals surface area contributed by atoms with Crippen molar-refractivity contribution >= 4 is 44.4 Å². The Bertz CT molecular complexity index is 1140. The van der Waals surface area contributed by atoms with E-state index in [2.05, 4.69) is 41.2 Å². The first-order chi connectivity index (χ1) is 15.1. The highest BCUT2D eigenvalue weighted by molar-refractivity contribution is 7.99. The van der Waals surface area contributed by atoms with E-state index in [1.54, 1.807) is 35.3 Å². The lowest BCUT2D eigenvalue weighted by Gasteiger charge is -2.20. The topological polar surface area (TPSA) is 51.0 Å². The lowest BCUT2D eigenvalue weighted by molar-refractivity contribution is -0.118. The number of anilines is 1. The minimum Gasteiger partial charge on any atom is -0.337 e. The van der Waals surface area contributed by atoms with Crippen LogP contribution in [0.1, 0.15) is 18.4 Å². The highest BCUT2D eigenvalue weighted by Crippen LogP contribution is 2.31. The van der Waals surface area contributed by atoms with E-state index in [-0.39, 0.29) is 11.7 Å². The number of carbonyl (C=O) groups is 1. The molecule has 0 atom stereocenters. The lowest BCUT2D eigenvalue weighted by atomic mass is 10.2. The van der Waals surface area contributed by atoms with Gasteiger partial charge in [0, 0.05) is 42.6 Å². The van der Waals surface area contributed by atoms with Crippen molar-refractivity contribution in [1.29, 1.82) is 0 Å². The normalized spacial score (nSPS) is 11.2. The molecule has 0 radical (unpaired) electrons. The Morgan fingerprint density at radius 2 is 2.06 bits per heavy atom. The van der Waals surface area contributed by atoms with Gasteiger partial charge in [0.25, 0.3) is 0 Å². The molecule has 0 bridgehead atoms. The molecule has 0 spiro atoms. The SMILES string of the molecule is Cc1ccc(SCCC(=O)N(CCCn2ccnc2)c2nc3c(F)cccc3s2)cc1. The molecule has 2 aromatic carbocycles. The summed E-state index contributed by atoms with van der Waals surface area (Å²) < 4.78 is 16.9. The van der Waals surface area contributed by atoms with Gasteiger partial charge < -0.3 is 4.57 Å². The van der Waals surface area contributed by atoms with Crippen molar-refractivity contribution < 1.29 is 9.18 Å². The van der Waals surface area contributed by atoms with E-state index in [0.717, 1.165) is 22.6 Å². The number of amides is 1. The zero-order chi connectivity index (χ0) is 21.6. The van der Waals surface area contributed by atoms with Crippen LogP contribution in [0.3, 0.4) is 0 Å². The van der Waals surface area contributed by atoms with Crippen LogP contribution >= 0.6 is 23.1 Å². The van der Waals surface area contributed by atoms with Gasteiger partial charge in [-0.1, -0.05) is 35.1 Å². The summed E-state index contributed by atoms with van der Waals surface area (Å²) in [5.74, 6) is 0.324. The second-order valence-electron chi connectivity index (χ2n) is 7.19. The molecule has 0 unspecified atom stereocenters. The van der Waals surface area contributed by atoms with Crippen LogP contribution in [0.2, 0.25) is 0 Å². The fraction of sp³-hybridized carbons (Fsp3) is 0.261. The van der Waals surface area contributed by atoms with Gasteiger partial charge in [0.2, 0.25) is 5.91 Å². The highest BCUT2D eigenvalue weighted by Gasteiger charge is 2.20. The van der Waals surface area contributed by atoms with E-state index in [1.165, 1.54) is 23.0 Å². The summed E-state index contributed by atoms with van der Waals surface area (Å²) in [5.41, 5.74) is 1.54. The third-order valence-electron chi connectivity index (χ3n) is 4.85. The maximum Gasteiger partial charge on any atom is 0.229 e. The number of thioether (sulfide) groups is 1. The number of carbonyl (C=O) groups excluding carboxylic acids is 1. The Hall–Kier alpha value is -2.71. The van der Waals surface area contributed by atoms with Gasteiger partial charge in [0.15, 0.2) is 5.13 Å². The summed E-state index contributed by atoms with van der Waals surface area (Å²) in [5, 5.41) is 0.552. The van der Waals surface area contributed by atoms with Crippen LogP contribution in [0, 0.1) is 12.7 Å². The van der Waals surface area contributed by atoms with E-state index in [1.807, 2.05) is 16.8 Å². The summed E-state index contributed by atoms with van der Waals surface area (Å²) >= 11 is 3.02. The minimum absolute atomic E-state index is 0.00436. The number of rotatable bonds is 9. The van der Waals surface area contributed by atoms with Gasteiger partial charge in [-0.15, -0.1) is 11.8 Å². The molecule has 0 saturated carbocycles. The van der Waals surface area contributed by atoms with Crippen LogP contribution < -0.4 is 4.90 Å². The first-order valence-corrected chi connectivity index (χ1v) is 11.9. The molecule has 8 heteroatoms. The van der Waals surface area contributed by atoms with Crippen molar-refractivity contribution in [2.24, 2.45) is 0 Å². The molecule has 0 aliphatic carbocycles. The number of halogens is 1. The second-order valence-corrected chi connectivity index (χ2v) is 9.37. The molecule has 4 rings (SSSR count). The number of nitrogens with zero attached hydrogens (tertiary/aromatic N) is 4. The standard InChI is InChI=1S/C23H23FN4OS2/c1-17-6-8-18(9-7-17)30-15-10-21(29)28(13-3-12-27-14-11-25-16-27)23-26-22-19(24)4-2-5-20(22)31-23/h2,4-9,11,14,16H,3,10,12-13,15H2,1H3. The van der Waals surface area contributed by atoms with Crippen molar-refractivity contribution in [3.63, 3.8) is 0 Å². The third kappa shape index (κ3) is 5.51. The molecule has 5 nitrogen and oxygen atoms in total. The Labute approximate surface area is 188 Å². The molecule has 0 N–H and O–H groups in total. The predicted octanol–water partition coefficient (Wildman–Crippen LogP) is 5.55. The van der Waals surface area contributed by atoms with E-state index >= 15 is 0 Å². The molecule has 1 amide bonds. The maximum absolute atomic E-state index is 14.1. The lowest BCUT2D eigenvalue weighted by Crippen LogP contribution is -2.32. The monoisotopic (exact) mass is 454 g/mol. The molecule has 0 aliphatic heterocycles. The number of aryl methyl sites for hydroxylation is 2. The predicted molar refractivity (Wildman–Crippen MR) is 125 cm³/mol. The van der Waals surface area contributed by atoms with E-state index in [0.29, 0.717) is 29.4 Å². The summed E-state index contributed by atoms with van der Waals surface area (Å²) in [6.45, 7) is 3.33. The number of thiazole rings is 1. The molecule has 0 saturated heterocycles. The van der Waals surface area contributed by atoms with Crippen LogP contribution in [0.5, 0.6) is 0 Å². The van der Waals surface area contributed by atoms with Gasteiger partial charge in [0.1, 0.15) is 11.3 Å². The van der Waals surface area contributed by atoms with Crippen molar-refractivity contribution in [3.05, 3.63) is 72.6 Å². The molecule has 2 aromatic heterocycles. The Kier molecular flexibility index (Phi) is 6.99. The Morgan fingerprint density at radius 1 is 1.23 bits per heavy atom. The number of fused-ring (bicyclic) bond motifs is 1. The number of imidazole rings is 1. The number of aromatic nitrogens is 3. The van der Waals surface area contributed by atoms with Gasteiger partial charge >= 0.3 is 0 Å². The third-order valence-corrected chi connectivity index (χ3v) is 6.91. The smallest absolute Gasteiger partial charge is 0.229 e. The summed E-state index contributed by atoms with van der Waals surface area (Å²) in [6.07, 6.45) is 6.55. The average Bonchev–Trinajstić information content (AvgIpc) is 3.43. The van der Waals surface area contributed by atoms with Gasteiger partial charge in [0.05, 0.1) is 11.0 Å². The van der Waals surface area contributed by atoms with Crippen molar-refractivity contribution in [1.82, 2.24) is 14.5 Å². The molecule has 0 aliphatic rings. The van der Waals surface area contributed by atoms with E-state index in [9.17, 15) is 9.18 Å². The molecule has 160 valence electrons. The quantitative estimate of drug-likeness (QED) is 0.311. The molecule has 31 heavy (non-hydrogen) atoms. The molecule has 2 heterocycles. The van der Waals surface area contributed by atoms with Crippen molar-refractivity contribution in [2.45, 2.75) is 31.2 Å². The summed E-state index contributed by atoms with van der Waals surface area (Å²) in [7, 11) is 0. The van der Waals surface area contributed by atoms with Gasteiger partial charge in [-0.2, -0.15) is 0 Å². The Morgan fingerprint density at radius 3 is 2.81 bits per heavy atom. The van der Waals surface area contributed by atoms with Crippen LogP contribution in [0.4, 0.5) is 9.52 Å². The highest BCUT2D eigenvalue weighted by atomic mass is 32.2. The fourth-order valence-electron chi connectivity index (χ4n) is 3.20. The molecule has 4 aromatic rings. The van der Waals surface area contributed by atoms with Crippen LogP contribution in [0.15, 0.2) is 66.1 Å². The average molecular weight is 455 g/mol. The molecular formula is C23H23FN4OS2. The van der Waals surface area contributed by atoms with Crippen molar-refractivity contribution in [3.8, 4) is 0 Å². The molecular weight excluding hydrogens is 431 g/mol. The number of hydrogen-bond acceptors (Lipinski definition) is 5. The maximum atomic E-state index is 14.1. The summed E-state index contributed by atoms with van der Waals surface area (Å²) in [4.78, 5) is 24.5. The largest absolute Gasteiger partial charge is 0.337 e. The Balaban J connectivity index is 1.45. The van der Waals surface area contributed by atoms with Crippen LogP contribution in [0.25, 0.3) is 10.2 Å². The first-order valence-electron chi connectivity index (χ1n) is 10.1. The second kappa shape index (κ2) is 10.1. The minimum atomic E-state index is -0.360. The molecule has 0 fully saturated rings. The fourth-order valence-corrected chi connectivity index (χ4v) is 5.07. The van der Waals surface area contributed by atoms with E-state index < -0.39 is 0 Å².